The Hall–Kier alpha value is 1.32. The van der Waals surface area contributed by atoms with Crippen molar-refractivity contribution in [1.82, 2.24) is 0 Å². The summed E-state index contributed by atoms with van der Waals surface area (Å²) in [5.41, 5.74) is 0. The Labute approximate surface area is 159 Å². The van der Waals surface area contributed by atoms with Crippen molar-refractivity contribution in [1.29, 1.82) is 0 Å². The molecule has 2 atom stereocenters. The van der Waals surface area contributed by atoms with Crippen molar-refractivity contribution in [2.75, 3.05) is 0 Å². The van der Waals surface area contributed by atoms with E-state index in [4.69, 9.17) is 85.9 Å². The number of hydrogen-bond donors (Lipinski definition) is 1. The molecule has 0 bridgehead atoms. The zero-order valence-corrected chi connectivity index (χ0v) is 15.9. The number of halogens is 7. The molecule has 1 heterocycles. The lowest BCUT2D eigenvalue weighted by Crippen LogP contribution is -2.39. The van der Waals surface area contributed by atoms with Crippen LogP contribution in [-0.4, -0.2) is 30.9 Å². The molecular formula is C10H7Cl7O3S. The van der Waals surface area contributed by atoms with Crippen molar-refractivity contribution in [2.24, 2.45) is 0 Å². The third kappa shape index (κ3) is 6.76. The van der Waals surface area contributed by atoms with Gasteiger partial charge in [-0.15, -0.1) is 11.3 Å². The number of hydrogen-bond acceptors (Lipinski definition) is 4. The maximum Gasteiger partial charge on any atom is 0.240 e. The predicted molar refractivity (Wildman–Crippen MR) is 89.7 cm³/mol. The van der Waals surface area contributed by atoms with Gasteiger partial charge in [-0.25, -0.2) is 0 Å². The molecule has 1 N–H and O–H groups in total. The Balaban J connectivity index is 2.82. The summed E-state index contributed by atoms with van der Waals surface area (Å²) >= 11 is 40.3. The van der Waals surface area contributed by atoms with Crippen LogP contribution in [0.25, 0.3) is 0 Å². The minimum atomic E-state index is -2.15. The van der Waals surface area contributed by atoms with E-state index >= 15 is 0 Å². The van der Waals surface area contributed by atoms with E-state index in [-0.39, 0.29) is 12.2 Å². The average Bonchev–Trinajstić information content (AvgIpc) is 2.72. The number of ketones is 1. The summed E-state index contributed by atoms with van der Waals surface area (Å²) < 4.78 is 1.27. The van der Waals surface area contributed by atoms with Crippen molar-refractivity contribution in [3.63, 3.8) is 0 Å². The lowest BCUT2D eigenvalue weighted by molar-refractivity contribution is -0.130. The molecule has 0 saturated carbocycles. The van der Waals surface area contributed by atoms with Gasteiger partial charge >= 0.3 is 0 Å². The zero-order chi connectivity index (χ0) is 16.4. The molecule has 1 aromatic rings. The third-order valence-corrected chi connectivity index (χ3v) is 4.72. The van der Waals surface area contributed by atoms with Gasteiger partial charge in [0.05, 0.1) is 9.21 Å². The van der Waals surface area contributed by atoms with Gasteiger partial charge in [-0.1, -0.05) is 81.2 Å². The van der Waals surface area contributed by atoms with E-state index < -0.39 is 20.0 Å². The summed E-state index contributed by atoms with van der Waals surface area (Å²) in [6, 6.07) is 3.08. The summed E-state index contributed by atoms with van der Waals surface area (Å²) in [7, 11) is 0. The van der Waals surface area contributed by atoms with E-state index in [1.165, 1.54) is 6.07 Å². The Morgan fingerprint density at radius 2 is 1.76 bits per heavy atom. The monoisotopic (exact) mass is 452 g/mol. The number of rotatable bonds is 5. The van der Waals surface area contributed by atoms with Gasteiger partial charge in [-0.3, -0.25) is 4.79 Å². The highest BCUT2D eigenvalue weighted by atomic mass is 35.6. The molecule has 0 amide bonds. The number of ether oxygens (including phenoxy) is 1. The Morgan fingerprint density at radius 1 is 1.19 bits per heavy atom. The fourth-order valence-electron chi connectivity index (χ4n) is 1.21. The van der Waals surface area contributed by atoms with E-state index in [1.54, 1.807) is 6.07 Å². The van der Waals surface area contributed by atoms with Gasteiger partial charge in [-0.05, 0) is 12.1 Å². The SMILES string of the molecule is O=C(C[C@@H](O[C@@H](O)C(Cl)(Cl)Cl)C(Cl)(Cl)Cl)c1ccc(Cl)s1. The molecule has 0 spiro atoms. The van der Waals surface area contributed by atoms with Gasteiger partial charge in [-0.2, -0.15) is 0 Å². The normalized spacial score (nSPS) is 15.8. The van der Waals surface area contributed by atoms with Crippen molar-refractivity contribution < 1.29 is 14.6 Å². The Kier molecular flexibility index (Phi) is 7.69. The lowest BCUT2D eigenvalue weighted by atomic mass is 10.1. The van der Waals surface area contributed by atoms with Gasteiger partial charge in [0.2, 0.25) is 13.9 Å². The van der Waals surface area contributed by atoms with Crippen LogP contribution in [-0.2, 0) is 4.74 Å². The first-order chi connectivity index (χ1) is 9.41. The zero-order valence-electron chi connectivity index (χ0n) is 9.83. The van der Waals surface area contributed by atoms with Crippen LogP contribution in [0.5, 0.6) is 0 Å². The molecule has 21 heavy (non-hydrogen) atoms. The van der Waals surface area contributed by atoms with Gasteiger partial charge in [0.1, 0.15) is 6.10 Å². The molecule has 0 saturated heterocycles. The van der Waals surface area contributed by atoms with Crippen LogP contribution in [0.4, 0.5) is 0 Å². The predicted octanol–water partition coefficient (Wildman–Crippen LogP) is 5.42. The Bertz CT molecular complexity index is 494. The number of Topliss-reactive ketones (excluding diaryl/α,β-unsaturated/α-hetero) is 1. The molecule has 0 aliphatic heterocycles. The van der Waals surface area contributed by atoms with Crippen LogP contribution in [0.3, 0.4) is 0 Å². The fourth-order valence-corrected chi connectivity index (χ4v) is 2.74. The van der Waals surface area contributed by atoms with Crippen LogP contribution in [0.1, 0.15) is 16.1 Å². The first-order valence-corrected chi connectivity index (χ1v) is 8.63. The first-order valence-electron chi connectivity index (χ1n) is 5.16. The smallest absolute Gasteiger partial charge is 0.240 e. The number of carbonyl (C=O) groups is 1. The summed E-state index contributed by atoms with van der Waals surface area (Å²) in [5, 5.41) is 9.58. The fraction of sp³-hybridized carbons (Fsp3) is 0.500. The molecular weight excluding hydrogens is 448 g/mol. The van der Waals surface area contributed by atoms with Crippen LogP contribution in [0, 0.1) is 0 Å². The second-order valence-electron chi connectivity index (χ2n) is 3.79. The molecule has 1 aromatic heterocycles. The third-order valence-electron chi connectivity index (χ3n) is 2.16. The van der Waals surface area contributed by atoms with E-state index in [9.17, 15) is 9.90 Å². The summed E-state index contributed by atoms with van der Waals surface area (Å²) in [6.07, 6.45) is -3.53. The standard InChI is InChI=1S/C10H7Cl7O3S/c11-7-2-1-5(21-7)4(18)3-6(9(12,13)14)20-8(19)10(15,16)17/h1-2,6,8,19H,3H2/t6-,8-/m1/s1. The molecule has 0 radical (unpaired) electrons. The minimum absolute atomic E-state index is 0.342. The average molecular weight is 455 g/mol. The Morgan fingerprint density at radius 3 is 2.14 bits per heavy atom. The molecule has 11 heteroatoms. The molecule has 1 rings (SSSR count). The van der Waals surface area contributed by atoms with Crippen LogP contribution in [0.15, 0.2) is 12.1 Å². The van der Waals surface area contributed by atoms with E-state index in [0.29, 0.717) is 9.21 Å². The highest BCUT2D eigenvalue weighted by molar-refractivity contribution is 7.18. The largest absolute Gasteiger partial charge is 0.365 e. The quantitative estimate of drug-likeness (QED) is 0.367. The highest BCUT2D eigenvalue weighted by Gasteiger charge is 2.42. The number of carbonyl (C=O) groups excluding carboxylic acids is 1. The molecule has 0 aromatic carbocycles. The van der Waals surface area contributed by atoms with Crippen molar-refractivity contribution in [3.8, 4) is 0 Å². The van der Waals surface area contributed by atoms with E-state index in [0.717, 1.165) is 11.3 Å². The van der Waals surface area contributed by atoms with E-state index in [1.807, 2.05) is 0 Å². The van der Waals surface area contributed by atoms with Gasteiger partial charge in [0.25, 0.3) is 0 Å². The van der Waals surface area contributed by atoms with Crippen molar-refractivity contribution in [3.05, 3.63) is 21.3 Å². The maximum atomic E-state index is 12.1. The van der Waals surface area contributed by atoms with Crippen molar-refractivity contribution >= 4 is 98.3 Å². The first kappa shape index (κ1) is 20.4. The van der Waals surface area contributed by atoms with Gasteiger partial charge < -0.3 is 9.84 Å². The minimum Gasteiger partial charge on any atom is -0.365 e. The molecule has 0 fully saturated rings. The molecule has 120 valence electrons. The molecule has 3 nitrogen and oxygen atoms in total. The second kappa shape index (κ2) is 7.93. The number of aliphatic hydroxyl groups is 1. The van der Waals surface area contributed by atoms with Crippen molar-refractivity contribution in [2.45, 2.75) is 26.4 Å². The van der Waals surface area contributed by atoms with Crippen LogP contribution < -0.4 is 0 Å². The summed E-state index contributed by atoms with van der Waals surface area (Å²) in [6.45, 7) is 0. The molecule has 0 unspecified atom stereocenters. The van der Waals surface area contributed by atoms with E-state index in [2.05, 4.69) is 0 Å². The van der Waals surface area contributed by atoms with Crippen LogP contribution in [0.2, 0.25) is 4.34 Å². The molecule has 0 aliphatic rings. The summed E-state index contributed by atoms with van der Waals surface area (Å²) in [5.74, 6) is -0.389. The van der Waals surface area contributed by atoms with Gasteiger partial charge in [0, 0.05) is 6.42 Å². The van der Waals surface area contributed by atoms with Gasteiger partial charge in [0.15, 0.2) is 5.78 Å². The topological polar surface area (TPSA) is 46.5 Å². The number of aliphatic hydroxyl groups excluding tert-OH is 1. The molecule has 0 aliphatic carbocycles. The second-order valence-corrected chi connectivity index (χ2v) is 10.2. The lowest BCUT2D eigenvalue weighted by Gasteiger charge is -2.29. The number of alkyl halides is 6. The summed E-state index contributed by atoms with van der Waals surface area (Å²) in [4.78, 5) is 12.4. The maximum absolute atomic E-state index is 12.1. The highest BCUT2D eigenvalue weighted by Crippen LogP contribution is 2.39. The van der Waals surface area contributed by atoms with Crippen LogP contribution >= 0.6 is 92.5 Å². The number of thiophene rings is 1.